The van der Waals surface area contributed by atoms with Gasteiger partial charge in [0.1, 0.15) is 13.1 Å². The largest absolute Gasteiger partial charge is 0.237 e. The van der Waals surface area contributed by atoms with Crippen LogP contribution in [0, 0.1) is 12.3 Å². The summed E-state index contributed by atoms with van der Waals surface area (Å²) < 4.78 is 2.70. The highest BCUT2D eigenvalue weighted by atomic mass is 15.0. The molecule has 1 nitrogen and oxygen atoms in total. The van der Waals surface area contributed by atoms with E-state index in [-0.39, 0.29) is 0 Å². The Kier molecular flexibility index (Phi) is 4.32. The maximum Gasteiger partial charge on any atom is 0.155 e. The molecule has 1 saturated carbocycles. The van der Waals surface area contributed by atoms with Gasteiger partial charge >= 0.3 is 0 Å². The van der Waals surface area contributed by atoms with Gasteiger partial charge in [0.15, 0.2) is 5.71 Å². The molecule has 3 rings (SSSR count). The molecule has 1 unspecified atom stereocenters. The fourth-order valence-corrected chi connectivity index (χ4v) is 3.61. The lowest BCUT2D eigenvalue weighted by Crippen LogP contribution is -2.29. The first-order chi connectivity index (χ1) is 9.43. The highest BCUT2D eigenvalue weighted by molar-refractivity contribution is 5.83. The van der Waals surface area contributed by atoms with Gasteiger partial charge in [-0.3, -0.25) is 0 Å². The van der Waals surface area contributed by atoms with E-state index in [1.807, 2.05) is 0 Å². The normalized spacial score (nSPS) is 23.9. The van der Waals surface area contributed by atoms with Crippen molar-refractivity contribution in [3.63, 3.8) is 0 Å². The average Bonchev–Trinajstić information content (AvgIpc) is 3.01. The van der Waals surface area contributed by atoms with Gasteiger partial charge in [0.05, 0.1) is 0 Å². The zero-order chi connectivity index (χ0) is 12.9. The summed E-state index contributed by atoms with van der Waals surface area (Å²) in [6, 6.07) is 10.8. The van der Waals surface area contributed by atoms with E-state index in [2.05, 4.69) is 41.3 Å². The third-order valence-corrected chi connectivity index (χ3v) is 4.66. The molecule has 1 aliphatic carbocycles. The molecule has 0 spiro atoms. The van der Waals surface area contributed by atoms with Crippen LogP contribution in [-0.2, 0) is 0 Å². The molecular weight excluding hydrogens is 230 g/mol. The molecule has 1 aromatic rings. The Balaban J connectivity index is 1.66. The molecule has 0 aromatic heterocycles. The second-order valence-corrected chi connectivity index (χ2v) is 5.98. The van der Waals surface area contributed by atoms with E-state index in [0.29, 0.717) is 0 Å². The summed E-state index contributed by atoms with van der Waals surface area (Å²) >= 11 is 0. The molecule has 19 heavy (non-hydrogen) atoms. The van der Waals surface area contributed by atoms with Crippen molar-refractivity contribution in [1.82, 2.24) is 0 Å². The highest BCUT2D eigenvalue weighted by Gasteiger charge is 2.29. The van der Waals surface area contributed by atoms with Crippen LogP contribution in [0.2, 0.25) is 0 Å². The molecule has 1 aliphatic heterocycles. The van der Waals surface area contributed by atoms with Crippen molar-refractivity contribution in [3.8, 4) is 0 Å². The summed E-state index contributed by atoms with van der Waals surface area (Å²) in [4.78, 5) is 0. The van der Waals surface area contributed by atoms with Crippen LogP contribution < -0.4 is 0 Å². The van der Waals surface area contributed by atoms with Crippen LogP contribution in [0.5, 0.6) is 0 Å². The Labute approximate surface area is 117 Å². The molecule has 1 heterocycles. The van der Waals surface area contributed by atoms with E-state index in [1.165, 1.54) is 63.6 Å². The first kappa shape index (κ1) is 12.9. The van der Waals surface area contributed by atoms with Crippen molar-refractivity contribution in [2.24, 2.45) is 5.92 Å². The third-order valence-electron chi connectivity index (χ3n) is 4.66. The average molecular weight is 255 g/mol. The molecule has 1 aromatic carbocycles. The summed E-state index contributed by atoms with van der Waals surface area (Å²) in [5.41, 5.74) is 3.16. The molecule has 0 N–H and O–H groups in total. The van der Waals surface area contributed by atoms with Gasteiger partial charge in [-0.2, -0.15) is 0 Å². The molecule has 101 valence electrons. The van der Waals surface area contributed by atoms with Crippen molar-refractivity contribution >= 4 is 5.71 Å². The third kappa shape index (κ3) is 3.26. The Hall–Kier alpha value is -1.11. The SMILES string of the molecule is [CH](CC1CCCCC1=[N+]1CCCC1)c1ccccc1. The van der Waals surface area contributed by atoms with Crippen LogP contribution in [0.15, 0.2) is 30.3 Å². The molecule has 2 fully saturated rings. The van der Waals surface area contributed by atoms with E-state index in [0.717, 1.165) is 5.92 Å². The summed E-state index contributed by atoms with van der Waals surface area (Å²) in [5, 5.41) is 0. The van der Waals surface area contributed by atoms with Crippen molar-refractivity contribution in [2.45, 2.75) is 44.9 Å². The van der Waals surface area contributed by atoms with Crippen molar-refractivity contribution in [2.75, 3.05) is 13.1 Å². The van der Waals surface area contributed by atoms with Crippen LogP contribution in [0.4, 0.5) is 0 Å². The molecule has 1 heteroatoms. The first-order valence-corrected chi connectivity index (χ1v) is 7.92. The van der Waals surface area contributed by atoms with Gasteiger partial charge in [-0.1, -0.05) is 36.8 Å². The highest BCUT2D eigenvalue weighted by Crippen LogP contribution is 2.27. The van der Waals surface area contributed by atoms with Gasteiger partial charge < -0.3 is 0 Å². The topological polar surface area (TPSA) is 3.01 Å². The number of benzene rings is 1. The Morgan fingerprint density at radius 2 is 1.79 bits per heavy atom. The molecule has 2 aliphatic rings. The van der Waals surface area contributed by atoms with E-state index in [4.69, 9.17) is 0 Å². The summed E-state index contributed by atoms with van der Waals surface area (Å²) in [6.07, 6.45) is 12.1. The fourth-order valence-electron chi connectivity index (χ4n) is 3.61. The minimum atomic E-state index is 0.812. The molecule has 1 atom stereocenters. The van der Waals surface area contributed by atoms with Crippen LogP contribution in [0.3, 0.4) is 0 Å². The lowest BCUT2D eigenvalue weighted by Gasteiger charge is -2.22. The van der Waals surface area contributed by atoms with Crippen molar-refractivity contribution < 1.29 is 4.58 Å². The number of nitrogens with zero attached hydrogens (tertiary/aromatic N) is 1. The lowest BCUT2D eigenvalue weighted by molar-refractivity contribution is -0.510. The summed E-state index contributed by atoms with van der Waals surface area (Å²) in [7, 11) is 0. The maximum atomic E-state index is 2.70. The van der Waals surface area contributed by atoms with Gasteiger partial charge in [0.2, 0.25) is 0 Å². The van der Waals surface area contributed by atoms with E-state index in [1.54, 1.807) is 5.71 Å². The van der Waals surface area contributed by atoms with Gasteiger partial charge in [-0.25, -0.2) is 4.58 Å². The molecule has 1 radical (unpaired) electrons. The first-order valence-electron chi connectivity index (χ1n) is 7.92. The zero-order valence-corrected chi connectivity index (χ0v) is 11.9. The van der Waals surface area contributed by atoms with Gasteiger partial charge in [0.25, 0.3) is 0 Å². The van der Waals surface area contributed by atoms with Gasteiger partial charge in [-0.15, -0.1) is 0 Å². The van der Waals surface area contributed by atoms with Crippen molar-refractivity contribution in [3.05, 3.63) is 42.3 Å². The zero-order valence-electron chi connectivity index (χ0n) is 11.9. The Morgan fingerprint density at radius 1 is 1.00 bits per heavy atom. The number of rotatable bonds is 3. The standard InChI is InChI=1S/C18H25N/c1-2-8-16(9-3-1)12-13-17-10-4-5-11-18(17)19-14-6-7-15-19/h1-3,8-9,12,17H,4-7,10-11,13-15H2/q+1. The minimum absolute atomic E-state index is 0.812. The number of hydrogen-bond acceptors (Lipinski definition) is 0. The van der Waals surface area contributed by atoms with Gasteiger partial charge in [0, 0.05) is 25.2 Å². The Bertz CT molecular complexity index is 424. The second kappa shape index (κ2) is 6.36. The van der Waals surface area contributed by atoms with E-state index in [9.17, 15) is 0 Å². The monoisotopic (exact) mass is 255 g/mol. The maximum absolute atomic E-state index is 2.70. The lowest BCUT2D eigenvalue weighted by atomic mass is 9.83. The van der Waals surface area contributed by atoms with Crippen LogP contribution in [-0.4, -0.2) is 23.4 Å². The summed E-state index contributed by atoms with van der Waals surface area (Å²) in [5.74, 6) is 0.812. The molecule has 0 amide bonds. The second-order valence-electron chi connectivity index (χ2n) is 5.98. The van der Waals surface area contributed by atoms with Crippen molar-refractivity contribution in [1.29, 1.82) is 0 Å². The molecule has 0 bridgehead atoms. The van der Waals surface area contributed by atoms with Gasteiger partial charge in [-0.05, 0) is 31.2 Å². The fraction of sp³-hybridized carbons (Fsp3) is 0.556. The van der Waals surface area contributed by atoms with Crippen LogP contribution >= 0.6 is 0 Å². The number of hydrogen-bond donors (Lipinski definition) is 0. The van der Waals surface area contributed by atoms with Crippen LogP contribution in [0.25, 0.3) is 0 Å². The van der Waals surface area contributed by atoms with E-state index < -0.39 is 0 Å². The van der Waals surface area contributed by atoms with Crippen LogP contribution in [0.1, 0.15) is 50.5 Å². The molecular formula is C18H25N+. The minimum Gasteiger partial charge on any atom is -0.237 e. The quantitative estimate of drug-likeness (QED) is 0.716. The predicted octanol–water partition coefficient (Wildman–Crippen LogP) is 4.07. The summed E-state index contributed by atoms with van der Waals surface area (Å²) in [6.45, 7) is 2.63. The predicted molar refractivity (Wildman–Crippen MR) is 80.7 cm³/mol. The Morgan fingerprint density at radius 3 is 2.58 bits per heavy atom. The molecule has 1 saturated heterocycles. The van der Waals surface area contributed by atoms with E-state index >= 15 is 0 Å². The smallest absolute Gasteiger partial charge is 0.155 e.